The molecule has 0 radical (unpaired) electrons. The topological polar surface area (TPSA) is 22.1 Å². The molecule has 0 amide bonds. The van der Waals surface area contributed by atoms with Crippen LogP contribution in [0.4, 0.5) is 0 Å². The highest BCUT2D eigenvalue weighted by atomic mass is 35.5. The maximum Gasteiger partial charge on any atom is 0.147 e. The Kier molecular flexibility index (Phi) is 3.54. The second-order valence-electron chi connectivity index (χ2n) is 2.99. The summed E-state index contributed by atoms with van der Waals surface area (Å²) >= 11 is 17.5. The highest BCUT2D eigenvalue weighted by Crippen LogP contribution is 2.32. The van der Waals surface area contributed by atoms with E-state index < -0.39 is 0 Å². The number of benzene rings is 1. The molecule has 1 aromatic heterocycles. The molecule has 0 bridgehead atoms. The molecule has 0 saturated heterocycles. The van der Waals surface area contributed by atoms with E-state index in [0.29, 0.717) is 26.7 Å². The van der Waals surface area contributed by atoms with Crippen LogP contribution in [0.2, 0.25) is 15.2 Å². The Bertz CT molecular complexity index is 516. The summed E-state index contributed by atoms with van der Waals surface area (Å²) in [5.74, 6) is 1.04. The van der Waals surface area contributed by atoms with Crippen molar-refractivity contribution in [3.05, 3.63) is 51.7 Å². The number of rotatable bonds is 2. The van der Waals surface area contributed by atoms with Crippen LogP contribution in [0.1, 0.15) is 0 Å². The van der Waals surface area contributed by atoms with E-state index in [2.05, 4.69) is 4.98 Å². The zero-order valence-corrected chi connectivity index (χ0v) is 10.2. The summed E-state index contributed by atoms with van der Waals surface area (Å²) in [4.78, 5) is 3.85. The largest absolute Gasteiger partial charge is 0.456 e. The lowest BCUT2D eigenvalue weighted by Gasteiger charge is -2.07. The molecular formula is C11H6Cl3NO. The van der Waals surface area contributed by atoms with Crippen LogP contribution in [0.3, 0.4) is 0 Å². The van der Waals surface area contributed by atoms with Crippen LogP contribution >= 0.6 is 34.8 Å². The number of pyridine rings is 1. The standard InChI is InChI=1S/C11H6Cl3NO/c12-7-1-2-9(13)10(5-7)16-8-3-4-15-11(14)6-8/h1-6H. The van der Waals surface area contributed by atoms with Crippen molar-refractivity contribution in [1.29, 1.82) is 0 Å². The quantitative estimate of drug-likeness (QED) is 0.731. The maximum absolute atomic E-state index is 5.95. The molecule has 82 valence electrons. The Morgan fingerprint density at radius 1 is 1.00 bits per heavy atom. The van der Waals surface area contributed by atoms with Gasteiger partial charge in [-0.2, -0.15) is 0 Å². The van der Waals surface area contributed by atoms with Gasteiger partial charge in [0, 0.05) is 23.4 Å². The second-order valence-corrected chi connectivity index (χ2v) is 4.22. The van der Waals surface area contributed by atoms with Crippen LogP contribution in [-0.2, 0) is 0 Å². The van der Waals surface area contributed by atoms with Crippen molar-refractivity contribution in [1.82, 2.24) is 4.98 Å². The minimum atomic E-state index is 0.357. The highest BCUT2D eigenvalue weighted by molar-refractivity contribution is 6.34. The Morgan fingerprint density at radius 2 is 1.81 bits per heavy atom. The van der Waals surface area contributed by atoms with Crippen molar-refractivity contribution in [3.8, 4) is 11.5 Å². The van der Waals surface area contributed by atoms with Gasteiger partial charge in [-0.3, -0.25) is 0 Å². The molecule has 0 N–H and O–H groups in total. The first kappa shape index (κ1) is 11.5. The third kappa shape index (κ3) is 2.79. The molecule has 0 atom stereocenters. The van der Waals surface area contributed by atoms with Gasteiger partial charge in [0.15, 0.2) is 0 Å². The van der Waals surface area contributed by atoms with Crippen LogP contribution in [0.15, 0.2) is 36.5 Å². The monoisotopic (exact) mass is 273 g/mol. The first-order chi connectivity index (χ1) is 7.65. The van der Waals surface area contributed by atoms with Crippen LogP contribution in [0.5, 0.6) is 11.5 Å². The summed E-state index contributed by atoms with van der Waals surface area (Å²) < 4.78 is 5.53. The van der Waals surface area contributed by atoms with Gasteiger partial charge in [-0.1, -0.05) is 34.8 Å². The molecule has 2 nitrogen and oxygen atoms in total. The van der Waals surface area contributed by atoms with Gasteiger partial charge in [0.05, 0.1) is 5.02 Å². The summed E-state index contributed by atoms with van der Waals surface area (Å²) in [5, 5.41) is 1.40. The number of ether oxygens (including phenoxy) is 1. The van der Waals surface area contributed by atoms with Crippen molar-refractivity contribution in [3.63, 3.8) is 0 Å². The van der Waals surface area contributed by atoms with Gasteiger partial charge in [-0.25, -0.2) is 4.98 Å². The molecule has 1 heterocycles. The van der Waals surface area contributed by atoms with Gasteiger partial charge in [0.25, 0.3) is 0 Å². The predicted octanol–water partition coefficient (Wildman–Crippen LogP) is 4.83. The van der Waals surface area contributed by atoms with Gasteiger partial charge < -0.3 is 4.74 Å². The van der Waals surface area contributed by atoms with E-state index in [-0.39, 0.29) is 0 Å². The second kappa shape index (κ2) is 4.91. The van der Waals surface area contributed by atoms with Gasteiger partial charge in [-0.05, 0) is 18.2 Å². The lowest BCUT2D eigenvalue weighted by molar-refractivity contribution is 0.482. The van der Waals surface area contributed by atoms with Crippen molar-refractivity contribution < 1.29 is 4.74 Å². The Balaban J connectivity index is 2.30. The van der Waals surface area contributed by atoms with Crippen LogP contribution in [-0.4, -0.2) is 4.98 Å². The third-order valence-electron chi connectivity index (χ3n) is 1.82. The SMILES string of the molecule is Clc1ccc(Cl)c(Oc2ccnc(Cl)c2)c1. The number of hydrogen-bond donors (Lipinski definition) is 0. The van der Waals surface area contributed by atoms with E-state index in [9.17, 15) is 0 Å². The van der Waals surface area contributed by atoms with Gasteiger partial charge in [0.1, 0.15) is 16.7 Å². The molecule has 0 saturated carbocycles. The van der Waals surface area contributed by atoms with Crippen LogP contribution in [0.25, 0.3) is 0 Å². The number of aromatic nitrogens is 1. The fourth-order valence-corrected chi connectivity index (χ4v) is 1.61. The zero-order valence-electron chi connectivity index (χ0n) is 7.95. The maximum atomic E-state index is 5.95. The van der Waals surface area contributed by atoms with Crippen LogP contribution < -0.4 is 4.74 Å². The van der Waals surface area contributed by atoms with Gasteiger partial charge in [0.2, 0.25) is 0 Å². The van der Waals surface area contributed by atoms with E-state index in [1.807, 2.05) is 0 Å². The molecule has 2 aromatic rings. The summed E-state index contributed by atoms with van der Waals surface area (Å²) in [6.45, 7) is 0. The average molecular weight is 275 g/mol. The summed E-state index contributed by atoms with van der Waals surface area (Å²) in [7, 11) is 0. The van der Waals surface area contributed by atoms with Crippen molar-refractivity contribution in [2.75, 3.05) is 0 Å². The fourth-order valence-electron chi connectivity index (χ4n) is 1.13. The molecule has 2 rings (SSSR count). The lowest BCUT2D eigenvalue weighted by atomic mass is 10.3. The van der Waals surface area contributed by atoms with Crippen molar-refractivity contribution in [2.45, 2.75) is 0 Å². The molecule has 0 spiro atoms. The molecule has 16 heavy (non-hydrogen) atoms. The summed E-state index contributed by atoms with van der Waals surface area (Å²) in [6, 6.07) is 8.28. The van der Waals surface area contributed by atoms with Crippen molar-refractivity contribution >= 4 is 34.8 Å². The number of hydrogen-bond acceptors (Lipinski definition) is 2. The summed E-state index contributed by atoms with van der Waals surface area (Å²) in [6.07, 6.45) is 1.55. The van der Waals surface area contributed by atoms with E-state index in [1.54, 1.807) is 36.5 Å². The molecule has 1 aromatic carbocycles. The Labute approximate surface area is 108 Å². The fraction of sp³-hybridized carbons (Fsp3) is 0. The third-order valence-corrected chi connectivity index (χ3v) is 2.57. The molecule has 0 aliphatic heterocycles. The Morgan fingerprint density at radius 3 is 2.56 bits per heavy atom. The molecule has 0 fully saturated rings. The zero-order chi connectivity index (χ0) is 11.5. The van der Waals surface area contributed by atoms with Gasteiger partial charge in [-0.15, -0.1) is 0 Å². The van der Waals surface area contributed by atoms with E-state index in [1.165, 1.54) is 0 Å². The molecule has 0 aliphatic carbocycles. The van der Waals surface area contributed by atoms with E-state index >= 15 is 0 Å². The minimum Gasteiger partial charge on any atom is -0.456 e. The first-order valence-electron chi connectivity index (χ1n) is 4.39. The number of nitrogens with zero attached hydrogens (tertiary/aromatic N) is 1. The number of halogens is 3. The molecule has 0 aliphatic rings. The average Bonchev–Trinajstić information content (AvgIpc) is 2.24. The molecule has 5 heteroatoms. The Hall–Kier alpha value is -0.960. The lowest BCUT2D eigenvalue weighted by Crippen LogP contribution is -1.86. The first-order valence-corrected chi connectivity index (χ1v) is 5.53. The minimum absolute atomic E-state index is 0.357. The highest BCUT2D eigenvalue weighted by Gasteiger charge is 2.04. The van der Waals surface area contributed by atoms with Gasteiger partial charge >= 0.3 is 0 Å². The van der Waals surface area contributed by atoms with Crippen LogP contribution in [0, 0.1) is 0 Å². The normalized spacial score (nSPS) is 10.2. The predicted molar refractivity (Wildman–Crippen MR) is 65.8 cm³/mol. The molecular weight excluding hydrogens is 268 g/mol. The smallest absolute Gasteiger partial charge is 0.147 e. The van der Waals surface area contributed by atoms with E-state index in [0.717, 1.165) is 0 Å². The molecule has 0 unspecified atom stereocenters. The van der Waals surface area contributed by atoms with E-state index in [4.69, 9.17) is 39.5 Å². The van der Waals surface area contributed by atoms with Crippen molar-refractivity contribution in [2.24, 2.45) is 0 Å². The summed E-state index contributed by atoms with van der Waals surface area (Å²) in [5.41, 5.74) is 0.